The van der Waals surface area contributed by atoms with Crippen LogP contribution in [0.25, 0.3) is 0 Å². The minimum absolute atomic E-state index is 0.0871. The Labute approximate surface area is 132 Å². The Morgan fingerprint density at radius 3 is 2.29 bits per heavy atom. The second-order valence-electron chi connectivity index (χ2n) is 5.71. The van der Waals surface area contributed by atoms with Gasteiger partial charge in [-0.1, -0.05) is 26.8 Å². The van der Waals surface area contributed by atoms with Gasteiger partial charge in [-0.2, -0.15) is 11.8 Å². The molecule has 4 nitrogen and oxygen atoms in total. The third-order valence-electron chi connectivity index (χ3n) is 2.85. The molecule has 0 amide bonds. The number of ether oxygens (including phenoxy) is 2. The average Bonchev–Trinajstić information content (AvgIpc) is 2.41. The molecule has 0 fully saturated rings. The monoisotopic (exact) mass is 312 g/mol. The van der Waals surface area contributed by atoms with Crippen LogP contribution >= 0.6 is 11.8 Å². The van der Waals surface area contributed by atoms with E-state index >= 15 is 0 Å². The van der Waals surface area contributed by atoms with E-state index < -0.39 is 0 Å². The molecule has 0 aliphatic heterocycles. The van der Waals surface area contributed by atoms with Crippen LogP contribution in [-0.2, 0) is 0 Å². The number of thioether (sulfide) groups is 1. The van der Waals surface area contributed by atoms with E-state index in [0.717, 1.165) is 22.8 Å². The van der Waals surface area contributed by atoms with Crippen molar-refractivity contribution in [2.75, 3.05) is 19.0 Å². The van der Waals surface area contributed by atoms with Crippen molar-refractivity contribution in [3.8, 4) is 11.5 Å². The van der Waals surface area contributed by atoms with Gasteiger partial charge in [-0.25, -0.2) is 0 Å². The van der Waals surface area contributed by atoms with E-state index in [0.29, 0.717) is 13.2 Å². The molecular formula is C16H28N2O2S. The van der Waals surface area contributed by atoms with Crippen molar-refractivity contribution in [1.29, 1.82) is 0 Å². The van der Waals surface area contributed by atoms with E-state index in [1.165, 1.54) is 0 Å². The molecule has 0 saturated heterocycles. The maximum Gasteiger partial charge on any atom is 0.161 e. The standard InChI is InChI=1S/C16H28N2O2S/c1-6-19-14-9-8-12(10-15(14)20-7-2)13(18-17)11-21-16(3,4)5/h8-10,13,18H,6-7,11,17H2,1-5H3. The second kappa shape index (κ2) is 8.51. The molecule has 21 heavy (non-hydrogen) atoms. The summed E-state index contributed by atoms with van der Waals surface area (Å²) in [5, 5.41) is 0. The quantitative estimate of drug-likeness (QED) is 0.568. The van der Waals surface area contributed by atoms with E-state index in [2.05, 4.69) is 26.2 Å². The first-order valence-electron chi connectivity index (χ1n) is 7.40. The van der Waals surface area contributed by atoms with Crippen LogP contribution in [-0.4, -0.2) is 23.7 Å². The van der Waals surface area contributed by atoms with Gasteiger partial charge in [0.25, 0.3) is 0 Å². The Kier molecular flexibility index (Phi) is 7.35. The van der Waals surface area contributed by atoms with Gasteiger partial charge in [-0.15, -0.1) is 0 Å². The highest BCUT2D eigenvalue weighted by atomic mass is 32.2. The average molecular weight is 312 g/mol. The van der Waals surface area contributed by atoms with E-state index in [9.17, 15) is 0 Å². The summed E-state index contributed by atoms with van der Waals surface area (Å²) < 4.78 is 11.5. The van der Waals surface area contributed by atoms with Gasteiger partial charge in [-0.3, -0.25) is 11.3 Å². The Hall–Kier alpha value is -0.910. The SMILES string of the molecule is CCOc1ccc(C(CSC(C)(C)C)NN)cc1OCC. The van der Waals surface area contributed by atoms with Crippen LogP contribution in [0.3, 0.4) is 0 Å². The molecule has 3 N–H and O–H groups in total. The molecule has 0 aliphatic carbocycles. The molecule has 0 saturated carbocycles. The lowest BCUT2D eigenvalue weighted by Crippen LogP contribution is -2.30. The molecule has 1 aromatic carbocycles. The number of hydrazine groups is 1. The summed E-state index contributed by atoms with van der Waals surface area (Å²) in [7, 11) is 0. The summed E-state index contributed by atoms with van der Waals surface area (Å²) in [4.78, 5) is 0. The second-order valence-corrected chi connectivity index (χ2v) is 7.56. The Bertz CT molecular complexity index is 433. The first kappa shape index (κ1) is 18.1. The molecule has 1 rings (SSSR count). The van der Waals surface area contributed by atoms with Crippen molar-refractivity contribution in [1.82, 2.24) is 5.43 Å². The zero-order valence-corrected chi connectivity index (χ0v) is 14.5. The summed E-state index contributed by atoms with van der Waals surface area (Å²) in [6, 6.07) is 6.10. The first-order valence-corrected chi connectivity index (χ1v) is 8.39. The van der Waals surface area contributed by atoms with Crippen LogP contribution in [0.4, 0.5) is 0 Å². The molecular weight excluding hydrogens is 284 g/mol. The maximum absolute atomic E-state index is 5.72. The topological polar surface area (TPSA) is 56.5 Å². The zero-order chi connectivity index (χ0) is 15.9. The van der Waals surface area contributed by atoms with Crippen molar-refractivity contribution >= 4 is 11.8 Å². The van der Waals surface area contributed by atoms with Gasteiger partial charge in [0.05, 0.1) is 19.3 Å². The van der Waals surface area contributed by atoms with Gasteiger partial charge >= 0.3 is 0 Å². The van der Waals surface area contributed by atoms with Crippen LogP contribution < -0.4 is 20.7 Å². The molecule has 0 aliphatic rings. The fourth-order valence-corrected chi connectivity index (χ4v) is 2.81. The summed E-state index contributed by atoms with van der Waals surface area (Å²) >= 11 is 1.88. The van der Waals surface area contributed by atoms with Gasteiger partial charge in [-0.05, 0) is 31.5 Å². The third kappa shape index (κ3) is 6.16. The van der Waals surface area contributed by atoms with E-state index in [4.69, 9.17) is 15.3 Å². The molecule has 0 heterocycles. The molecule has 0 aromatic heterocycles. The maximum atomic E-state index is 5.72. The summed E-state index contributed by atoms with van der Waals surface area (Å²) in [6.07, 6.45) is 0. The fraction of sp³-hybridized carbons (Fsp3) is 0.625. The number of hydrogen-bond donors (Lipinski definition) is 2. The van der Waals surface area contributed by atoms with Crippen molar-refractivity contribution in [2.24, 2.45) is 5.84 Å². The van der Waals surface area contributed by atoms with Crippen LogP contribution in [0.1, 0.15) is 46.2 Å². The van der Waals surface area contributed by atoms with E-state index in [1.54, 1.807) is 0 Å². The van der Waals surface area contributed by atoms with Gasteiger partial charge in [0, 0.05) is 10.5 Å². The lowest BCUT2D eigenvalue weighted by molar-refractivity contribution is 0.287. The van der Waals surface area contributed by atoms with Crippen LogP contribution in [0.2, 0.25) is 0 Å². The van der Waals surface area contributed by atoms with Crippen molar-refractivity contribution in [3.63, 3.8) is 0 Å². The molecule has 0 radical (unpaired) electrons. The number of rotatable bonds is 8. The number of nitrogens with two attached hydrogens (primary N) is 1. The molecule has 1 atom stereocenters. The van der Waals surface area contributed by atoms with Crippen LogP contribution in [0.5, 0.6) is 11.5 Å². The number of hydrogen-bond acceptors (Lipinski definition) is 5. The summed E-state index contributed by atoms with van der Waals surface area (Å²) in [6.45, 7) is 11.8. The molecule has 0 spiro atoms. The smallest absolute Gasteiger partial charge is 0.161 e. The van der Waals surface area contributed by atoms with Gasteiger partial charge in [0.1, 0.15) is 0 Å². The minimum Gasteiger partial charge on any atom is -0.490 e. The van der Waals surface area contributed by atoms with Gasteiger partial charge < -0.3 is 9.47 Å². The molecule has 5 heteroatoms. The normalized spacial score (nSPS) is 13.0. The largest absolute Gasteiger partial charge is 0.490 e. The van der Waals surface area contributed by atoms with E-state index in [1.807, 2.05) is 43.8 Å². The zero-order valence-electron chi connectivity index (χ0n) is 13.7. The predicted molar refractivity (Wildman–Crippen MR) is 91.1 cm³/mol. The molecule has 1 aromatic rings. The lowest BCUT2D eigenvalue weighted by Gasteiger charge is -2.23. The fourth-order valence-electron chi connectivity index (χ4n) is 1.86. The van der Waals surface area contributed by atoms with Crippen molar-refractivity contribution in [2.45, 2.75) is 45.4 Å². The van der Waals surface area contributed by atoms with Crippen molar-refractivity contribution < 1.29 is 9.47 Å². The first-order chi connectivity index (χ1) is 9.91. The molecule has 120 valence electrons. The summed E-state index contributed by atoms with van der Waals surface area (Å²) in [5.41, 5.74) is 4.01. The van der Waals surface area contributed by atoms with Gasteiger partial charge in [0.15, 0.2) is 11.5 Å². The lowest BCUT2D eigenvalue weighted by atomic mass is 10.1. The summed E-state index contributed by atoms with van der Waals surface area (Å²) in [5.74, 6) is 8.18. The predicted octanol–water partition coefficient (Wildman–Crippen LogP) is 3.52. The number of nitrogens with one attached hydrogen (secondary N) is 1. The van der Waals surface area contributed by atoms with Crippen molar-refractivity contribution in [3.05, 3.63) is 23.8 Å². The molecule has 1 unspecified atom stereocenters. The Morgan fingerprint density at radius 2 is 1.76 bits per heavy atom. The highest BCUT2D eigenvalue weighted by Gasteiger charge is 2.18. The number of benzene rings is 1. The third-order valence-corrected chi connectivity index (χ3v) is 4.22. The van der Waals surface area contributed by atoms with E-state index in [-0.39, 0.29) is 10.8 Å². The van der Waals surface area contributed by atoms with Crippen LogP contribution in [0, 0.1) is 0 Å². The highest BCUT2D eigenvalue weighted by molar-refractivity contribution is 8.00. The highest BCUT2D eigenvalue weighted by Crippen LogP contribution is 2.33. The van der Waals surface area contributed by atoms with Gasteiger partial charge in [0.2, 0.25) is 0 Å². The Morgan fingerprint density at radius 1 is 1.14 bits per heavy atom. The minimum atomic E-state index is 0.0871. The Balaban J connectivity index is 2.91. The molecule has 0 bridgehead atoms. The van der Waals surface area contributed by atoms with Crippen LogP contribution in [0.15, 0.2) is 18.2 Å².